The minimum absolute atomic E-state index is 0.0306. The molecule has 2 fully saturated rings. The van der Waals surface area contributed by atoms with Gasteiger partial charge in [0.05, 0.1) is 56.9 Å². The molecule has 2 heterocycles. The summed E-state index contributed by atoms with van der Waals surface area (Å²) in [6.45, 7) is 0.242. The molecule has 0 spiro atoms. The van der Waals surface area contributed by atoms with E-state index in [2.05, 4.69) is 16.0 Å². The van der Waals surface area contributed by atoms with Crippen molar-refractivity contribution in [1.29, 1.82) is 0 Å². The average Bonchev–Trinajstić information content (AvgIpc) is 2.97. The first-order chi connectivity index (χ1) is 20.2. The molecule has 2 aliphatic heterocycles. The van der Waals surface area contributed by atoms with Crippen molar-refractivity contribution in [3.8, 4) is 0 Å². The number of ether oxygens (including phenoxy) is 4. The van der Waals surface area contributed by atoms with Crippen molar-refractivity contribution in [2.45, 2.75) is 92.6 Å². The van der Waals surface area contributed by atoms with Gasteiger partial charge in [-0.15, -0.1) is 0 Å². The molecule has 244 valence electrons. The SMILES string of the molecule is CN[C@H]1/C(=C\O)CO[C@H](O[C@H]2[C@H](NC(CO)CO)C[C@H](N)C(O[C@H]3OC(CNCC(O)CCN)=CC[C@H]3N)[C@@H]2O)[C@@H]1O. The highest BCUT2D eigenvalue weighted by atomic mass is 16.7. The van der Waals surface area contributed by atoms with Gasteiger partial charge in [-0.1, -0.05) is 0 Å². The van der Waals surface area contributed by atoms with E-state index in [9.17, 15) is 30.6 Å². The van der Waals surface area contributed by atoms with Crippen LogP contribution in [0.3, 0.4) is 0 Å². The third-order valence-electron chi connectivity index (χ3n) is 7.82. The summed E-state index contributed by atoms with van der Waals surface area (Å²) in [5.41, 5.74) is 18.6. The maximum absolute atomic E-state index is 11.5. The molecule has 42 heavy (non-hydrogen) atoms. The van der Waals surface area contributed by atoms with Crippen LogP contribution in [0.15, 0.2) is 23.7 Å². The predicted octanol–water partition coefficient (Wildman–Crippen LogP) is -4.84. The first kappa shape index (κ1) is 35.0. The van der Waals surface area contributed by atoms with E-state index in [1.54, 1.807) is 7.05 Å². The Morgan fingerprint density at radius 3 is 2.45 bits per heavy atom. The van der Waals surface area contributed by atoms with Gasteiger partial charge in [0.15, 0.2) is 6.29 Å². The lowest BCUT2D eigenvalue weighted by Gasteiger charge is -2.47. The highest BCUT2D eigenvalue weighted by molar-refractivity contribution is 5.14. The highest BCUT2D eigenvalue weighted by Crippen LogP contribution is 2.31. The van der Waals surface area contributed by atoms with Crippen LogP contribution in [0.2, 0.25) is 0 Å². The molecule has 16 heteroatoms. The van der Waals surface area contributed by atoms with E-state index in [1.807, 2.05) is 6.08 Å². The van der Waals surface area contributed by atoms with Crippen molar-refractivity contribution in [3.05, 3.63) is 23.7 Å². The summed E-state index contributed by atoms with van der Waals surface area (Å²) in [6, 6.07) is -3.33. The van der Waals surface area contributed by atoms with Crippen molar-refractivity contribution in [3.63, 3.8) is 0 Å². The molecule has 1 saturated heterocycles. The van der Waals surface area contributed by atoms with Gasteiger partial charge in [0, 0.05) is 24.2 Å². The van der Waals surface area contributed by atoms with E-state index in [0.29, 0.717) is 43.8 Å². The monoisotopic (exact) mass is 606 g/mol. The van der Waals surface area contributed by atoms with E-state index in [0.717, 1.165) is 6.26 Å². The Morgan fingerprint density at radius 2 is 1.81 bits per heavy atom. The summed E-state index contributed by atoms with van der Waals surface area (Å²) in [5.74, 6) is 0.561. The fourth-order valence-corrected chi connectivity index (χ4v) is 5.43. The van der Waals surface area contributed by atoms with Crippen LogP contribution in [0.25, 0.3) is 0 Å². The fraction of sp³-hybridized carbons (Fsp3) is 0.846. The van der Waals surface area contributed by atoms with Crippen LogP contribution >= 0.6 is 0 Å². The van der Waals surface area contributed by atoms with Crippen molar-refractivity contribution in [2.24, 2.45) is 17.2 Å². The van der Waals surface area contributed by atoms with Crippen LogP contribution in [0, 0.1) is 0 Å². The first-order valence-corrected chi connectivity index (χ1v) is 14.4. The highest BCUT2D eigenvalue weighted by Gasteiger charge is 2.49. The molecule has 0 aromatic rings. The summed E-state index contributed by atoms with van der Waals surface area (Å²) in [6.07, 6.45) is -3.59. The van der Waals surface area contributed by atoms with Gasteiger partial charge in [-0.3, -0.25) is 0 Å². The number of hydrogen-bond donors (Lipinski definition) is 12. The van der Waals surface area contributed by atoms with E-state index in [1.165, 1.54) is 0 Å². The fourth-order valence-electron chi connectivity index (χ4n) is 5.43. The van der Waals surface area contributed by atoms with Crippen LogP contribution in [0.4, 0.5) is 0 Å². The van der Waals surface area contributed by atoms with Crippen LogP contribution < -0.4 is 33.2 Å². The molecule has 15 N–H and O–H groups in total. The molecule has 0 amide bonds. The van der Waals surface area contributed by atoms with E-state index in [4.69, 9.17) is 36.1 Å². The van der Waals surface area contributed by atoms with Crippen molar-refractivity contribution in [2.75, 3.05) is 46.5 Å². The molecular formula is C26H50N6O10. The van der Waals surface area contributed by atoms with E-state index in [-0.39, 0.29) is 26.2 Å². The predicted molar refractivity (Wildman–Crippen MR) is 151 cm³/mol. The van der Waals surface area contributed by atoms with Gasteiger partial charge in [-0.2, -0.15) is 0 Å². The topological polar surface area (TPSA) is 272 Å². The lowest BCUT2D eigenvalue weighted by Crippen LogP contribution is -2.68. The lowest BCUT2D eigenvalue weighted by molar-refractivity contribution is -0.276. The summed E-state index contributed by atoms with van der Waals surface area (Å²) in [7, 11) is 1.61. The lowest BCUT2D eigenvalue weighted by atomic mass is 9.83. The Hall–Kier alpha value is -1.48. The zero-order chi connectivity index (χ0) is 30.8. The van der Waals surface area contributed by atoms with Crippen LogP contribution in [0.1, 0.15) is 19.3 Å². The van der Waals surface area contributed by atoms with Crippen LogP contribution in [-0.2, 0) is 18.9 Å². The molecule has 16 nitrogen and oxygen atoms in total. The Kier molecular flexibility index (Phi) is 14.3. The third kappa shape index (κ3) is 9.02. The molecule has 2 unspecified atom stereocenters. The second-order valence-corrected chi connectivity index (χ2v) is 11.0. The van der Waals surface area contributed by atoms with Gasteiger partial charge in [-0.25, -0.2) is 0 Å². The van der Waals surface area contributed by atoms with Gasteiger partial charge in [0.2, 0.25) is 6.29 Å². The molecule has 11 atom stereocenters. The molecule has 0 aromatic heterocycles. The summed E-state index contributed by atoms with van der Waals surface area (Å²) in [5, 5.41) is 70.2. The van der Waals surface area contributed by atoms with E-state index < -0.39 is 73.3 Å². The quantitative estimate of drug-likeness (QED) is 0.0779. The number of rotatable bonds is 15. The Morgan fingerprint density at radius 1 is 1.10 bits per heavy atom. The number of nitrogens with two attached hydrogens (primary N) is 3. The summed E-state index contributed by atoms with van der Waals surface area (Å²) in [4.78, 5) is 0. The Labute approximate surface area is 245 Å². The van der Waals surface area contributed by atoms with E-state index >= 15 is 0 Å². The van der Waals surface area contributed by atoms with Gasteiger partial charge < -0.3 is 82.7 Å². The normalized spacial score (nSPS) is 37.5. The molecular weight excluding hydrogens is 556 g/mol. The van der Waals surface area contributed by atoms with Gasteiger partial charge >= 0.3 is 0 Å². The first-order valence-electron chi connectivity index (χ1n) is 14.4. The number of aliphatic hydroxyl groups excluding tert-OH is 6. The van der Waals surface area contributed by atoms with Crippen LogP contribution in [-0.4, -0.2) is 150 Å². The second kappa shape index (κ2) is 17.1. The number of likely N-dealkylation sites (N-methyl/N-ethyl adjacent to an activating group) is 1. The van der Waals surface area contributed by atoms with Crippen molar-refractivity contribution >= 4 is 0 Å². The standard InChI is InChI=1S/C26H50N6O10/c1-30-20-13(9-33)12-39-26(21(20)37)42-24-19(32-14(10-34)11-35)6-18(29)23(22(24)38)41-25-17(28)3-2-16(40-25)8-31-7-15(36)4-5-27/h2,9,14-15,17-26,30-38H,3-8,10-12,27-29H2,1H3/b13-9-/t15?,17-,18+,19-,20+,21-,22+,23?,24+,25-,26-/m1/s1. The molecule has 3 rings (SSSR count). The smallest absolute Gasteiger partial charge is 0.215 e. The summed E-state index contributed by atoms with van der Waals surface area (Å²) >= 11 is 0. The second-order valence-electron chi connectivity index (χ2n) is 11.0. The zero-order valence-corrected chi connectivity index (χ0v) is 24.0. The molecule has 0 radical (unpaired) electrons. The number of hydrogen-bond acceptors (Lipinski definition) is 16. The average molecular weight is 607 g/mol. The Balaban J connectivity index is 1.72. The molecule has 1 saturated carbocycles. The third-order valence-corrected chi connectivity index (χ3v) is 7.82. The van der Waals surface area contributed by atoms with Crippen molar-refractivity contribution in [1.82, 2.24) is 16.0 Å². The minimum atomic E-state index is -1.36. The largest absolute Gasteiger partial charge is 0.515 e. The molecule has 0 aromatic carbocycles. The van der Waals surface area contributed by atoms with Gasteiger partial charge in [0.1, 0.15) is 30.2 Å². The maximum atomic E-state index is 11.5. The minimum Gasteiger partial charge on any atom is -0.515 e. The molecule has 0 bridgehead atoms. The zero-order valence-electron chi connectivity index (χ0n) is 24.0. The summed E-state index contributed by atoms with van der Waals surface area (Å²) < 4.78 is 23.9. The Bertz CT molecular complexity index is 867. The van der Waals surface area contributed by atoms with Gasteiger partial charge in [0.25, 0.3) is 0 Å². The van der Waals surface area contributed by atoms with Crippen LogP contribution in [0.5, 0.6) is 0 Å². The molecule has 1 aliphatic carbocycles. The number of nitrogens with one attached hydrogen (secondary N) is 3. The number of aliphatic hydroxyl groups is 6. The molecule has 3 aliphatic rings. The van der Waals surface area contributed by atoms with Crippen molar-refractivity contribution < 1.29 is 49.6 Å². The maximum Gasteiger partial charge on any atom is 0.215 e. The van der Waals surface area contributed by atoms with Gasteiger partial charge in [-0.05, 0) is 38.9 Å².